The van der Waals surface area contributed by atoms with Gasteiger partial charge in [-0.1, -0.05) is 20.8 Å². The molecule has 3 rings (SSSR count). The molecule has 150 valence electrons. The third-order valence-corrected chi connectivity index (χ3v) is 6.99. The molecule has 0 unspecified atom stereocenters. The number of nitro groups is 1. The SMILES string of the molecule is CC(C)(C)[C@@H]1CCN(S(=O)(=O)c2cc3c(cc2[N+](=O)[O-])OCCO3)C[C@H]1O. The largest absolute Gasteiger partial charge is 0.486 e. The third kappa shape index (κ3) is 3.74. The molecule has 0 bridgehead atoms. The number of nitrogens with zero attached hydrogens (tertiary/aromatic N) is 2. The Morgan fingerprint density at radius 1 is 1.22 bits per heavy atom. The fourth-order valence-corrected chi connectivity index (χ4v) is 5.31. The average molecular weight is 400 g/mol. The number of ether oxygens (including phenoxy) is 2. The van der Waals surface area contributed by atoms with Gasteiger partial charge in [-0.2, -0.15) is 4.31 Å². The van der Waals surface area contributed by atoms with Crippen LogP contribution in [-0.2, 0) is 10.0 Å². The van der Waals surface area contributed by atoms with Crippen molar-refractivity contribution in [2.75, 3.05) is 26.3 Å². The summed E-state index contributed by atoms with van der Waals surface area (Å²) < 4.78 is 38.0. The van der Waals surface area contributed by atoms with Crippen LogP contribution in [0.4, 0.5) is 5.69 Å². The molecule has 1 fully saturated rings. The zero-order valence-corrected chi connectivity index (χ0v) is 16.4. The summed E-state index contributed by atoms with van der Waals surface area (Å²) in [5.41, 5.74) is -0.732. The van der Waals surface area contributed by atoms with Crippen molar-refractivity contribution >= 4 is 15.7 Å². The van der Waals surface area contributed by atoms with Crippen LogP contribution in [-0.4, -0.2) is 55.2 Å². The highest BCUT2D eigenvalue weighted by atomic mass is 32.2. The fraction of sp³-hybridized carbons (Fsp3) is 0.647. The highest BCUT2D eigenvalue weighted by Gasteiger charge is 2.42. The molecule has 0 spiro atoms. The normalized spacial score (nSPS) is 23.9. The predicted octanol–water partition coefficient (Wildman–Crippen LogP) is 1.78. The number of nitro benzene ring substituents is 1. The lowest BCUT2D eigenvalue weighted by Gasteiger charge is -2.41. The van der Waals surface area contributed by atoms with Crippen LogP contribution in [0.15, 0.2) is 17.0 Å². The number of hydrogen-bond donors (Lipinski definition) is 1. The lowest BCUT2D eigenvalue weighted by molar-refractivity contribution is -0.388. The maximum Gasteiger partial charge on any atom is 0.293 e. The number of aliphatic hydroxyl groups is 1. The molecule has 0 aliphatic carbocycles. The molecule has 0 amide bonds. The number of β-amino-alcohol motifs (C(OH)–C–C–N with tert-alkyl or cyclic N) is 1. The van der Waals surface area contributed by atoms with Crippen LogP contribution >= 0.6 is 0 Å². The van der Waals surface area contributed by atoms with Gasteiger partial charge in [-0.05, 0) is 17.8 Å². The molecule has 2 heterocycles. The molecule has 1 saturated heterocycles. The Morgan fingerprint density at radius 3 is 2.33 bits per heavy atom. The standard InChI is InChI=1S/C17H24N2O7S/c1-17(2,3)11-4-5-18(10-13(11)20)27(23,24)16-9-15-14(25-6-7-26-15)8-12(16)19(21)22/h8-9,11,13,20H,4-7,10H2,1-3H3/t11-,13-/m1/s1. The second kappa shape index (κ2) is 6.92. The third-order valence-electron chi connectivity index (χ3n) is 5.10. The zero-order valence-electron chi connectivity index (χ0n) is 15.5. The lowest BCUT2D eigenvalue weighted by Crippen LogP contribution is -2.49. The minimum Gasteiger partial charge on any atom is -0.486 e. The van der Waals surface area contributed by atoms with E-state index in [9.17, 15) is 23.6 Å². The van der Waals surface area contributed by atoms with E-state index in [0.717, 1.165) is 16.4 Å². The van der Waals surface area contributed by atoms with E-state index in [1.807, 2.05) is 20.8 Å². The average Bonchev–Trinajstić information content (AvgIpc) is 2.59. The molecular weight excluding hydrogens is 376 g/mol. The van der Waals surface area contributed by atoms with E-state index in [4.69, 9.17) is 9.47 Å². The minimum absolute atomic E-state index is 0.0563. The van der Waals surface area contributed by atoms with Crippen molar-refractivity contribution in [3.05, 3.63) is 22.2 Å². The second-order valence-electron chi connectivity index (χ2n) is 7.91. The summed E-state index contributed by atoms with van der Waals surface area (Å²) in [6.45, 7) is 6.55. The highest BCUT2D eigenvalue weighted by molar-refractivity contribution is 7.89. The van der Waals surface area contributed by atoms with Gasteiger partial charge in [0.2, 0.25) is 10.0 Å². The van der Waals surface area contributed by atoms with Crippen molar-refractivity contribution < 1.29 is 27.9 Å². The van der Waals surface area contributed by atoms with Gasteiger partial charge in [-0.25, -0.2) is 8.42 Å². The van der Waals surface area contributed by atoms with Gasteiger partial charge >= 0.3 is 0 Å². The molecule has 1 N–H and O–H groups in total. The van der Waals surface area contributed by atoms with Gasteiger partial charge in [0.05, 0.1) is 17.1 Å². The van der Waals surface area contributed by atoms with E-state index in [1.54, 1.807) is 0 Å². The lowest BCUT2D eigenvalue weighted by atomic mass is 9.74. The molecule has 2 aliphatic heterocycles. The molecule has 0 saturated carbocycles. The first kappa shape index (κ1) is 19.8. The number of aliphatic hydroxyl groups excluding tert-OH is 1. The van der Waals surface area contributed by atoms with Crippen molar-refractivity contribution in [2.24, 2.45) is 11.3 Å². The monoisotopic (exact) mass is 400 g/mol. The number of piperidine rings is 1. The number of fused-ring (bicyclic) bond motifs is 1. The van der Waals surface area contributed by atoms with Crippen LogP contribution in [0.3, 0.4) is 0 Å². The van der Waals surface area contributed by atoms with Crippen molar-refractivity contribution in [1.29, 1.82) is 0 Å². The fourth-order valence-electron chi connectivity index (χ4n) is 3.68. The Morgan fingerprint density at radius 2 is 1.81 bits per heavy atom. The van der Waals surface area contributed by atoms with E-state index >= 15 is 0 Å². The quantitative estimate of drug-likeness (QED) is 0.607. The molecule has 2 atom stereocenters. The van der Waals surface area contributed by atoms with Crippen LogP contribution in [0.5, 0.6) is 11.5 Å². The highest BCUT2D eigenvalue weighted by Crippen LogP contribution is 2.41. The van der Waals surface area contributed by atoms with E-state index in [-0.39, 0.29) is 49.1 Å². The number of rotatable bonds is 3. The predicted molar refractivity (Wildman–Crippen MR) is 96.4 cm³/mol. The van der Waals surface area contributed by atoms with Gasteiger partial charge in [-0.15, -0.1) is 0 Å². The molecule has 0 aromatic heterocycles. The van der Waals surface area contributed by atoms with Crippen molar-refractivity contribution in [2.45, 2.75) is 38.2 Å². The molecule has 0 radical (unpaired) electrons. The Hall–Kier alpha value is -1.91. The summed E-state index contributed by atoms with van der Waals surface area (Å²) in [6.07, 6.45) is -0.368. The van der Waals surface area contributed by atoms with Gasteiger partial charge in [-0.3, -0.25) is 10.1 Å². The van der Waals surface area contributed by atoms with Crippen molar-refractivity contribution in [3.8, 4) is 11.5 Å². The van der Waals surface area contributed by atoms with Crippen molar-refractivity contribution in [3.63, 3.8) is 0 Å². The van der Waals surface area contributed by atoms with E-state index in [0.29, 0.717) is 6.42 Å². The van der Waals surface area contributed by atoms with Crippen LogP contribution in [0.2, 0.25) is 0 Å². The van der Waals surface area contributed by atoms with Crippen LogP contribution in [0.25, 0.3) is 0 Å². The zero-order chi connectivity index (χ0) is 20.0. The molecule has 1 aromatic rings. The summed E-state index contributed by atoms with van der Waals surface area (Å²) in [4.78, 5) is 10.3. The number of sulfonamides is 1. The van der Waals surface area contributed by atoms with Crippen LogP contribution < -0.4 is 9.47 Å². The van der Waals surface area contributed by atoms with Gasteiger partial charge in [0.25, 0.3) is 5.69 Å². The molecule has 10 heteroatoms. The van der Waals surface area contributed by atoms with Gasteiger partial charge < -0.3 is 14.6 Å². The summed E-state index contributed by atoms with van der Waals surface area (Å²) in [5.74, 6) is 0.258. The first-order valence-corrected chi connectivity index (χ1v) is 10.2. The van der Waals surface area contributed by atoms with Gasteiger partial charge in [0.1, 0.15) is 13.2 Å². The first-order chi connectivity index (χ1) is 12.5. The van der Waals surface area contributed by atoms with E-state index < -0.39 is 31.6 Å². The maximum absolute atomic E-state index is 13.1. The minimum atomic E-state index is -4.18. The van der Waals surface area contributed by atoms with Gasteiger partial charge in [0.15, 0.2) is 16.4 Å². The smallest absolute Gasteiger partial charge is 0.293 e. The molecule has 2 aliphatic rings. The number of benzene rings is 1. The van der Waals surface area contributed by atoms with Crippen LogP contribution in [0, 0.1) is 21.4 Å². The summed E-state index contributed by atoms with van der Waals surface area (Å²) >= 11 is 0. The topological polar surface area (TPSA) is 119 Å². The van der Waals surface area contributed by atoms with E-state index in [2.05, 4.69) is 0 Å². The Labute approximate surface area is 158 Å². The number of hydrogen-bond acceptors (Lipinski definition) is 7. The molecule has 27 heavy (non-hydrogen) atoms. The molecular formula is C17H24N2O7S. The summed E-state index contributed by atoms with van der Waals surface area (Å²) in [6, 6.07) is 2.23. The van der Waals surface area contributed by atoms with E-state index in [1.165, 1.54) is 0 Å². The summed E-state index contributed by atoms with van der Waals surface area (Å²) in [7, 11) is -4.18. The van der Waals surface area contributed by atoms with Crippen molar-refractivity contribution in [1.82, 2.24) is 4.31 Å². The Kier molecular flexibility index (Phi) is 5.08. The first-order valence-electron chi connectivity index (χ1n) is 8.78. The second-order valence-corrected chi connectivity index (χ2v) is 9.82. The Balaban J connectivity index is 1.97. The van der Waals surface area contributed by atoms with Gasteiger partial charge in [0, 0.05) is 19.2 Å². The summed E-state index contributed by atoms with van der Waals surface area (Å²) in [5, 5.41) is 21.9. The Bertz CT molecular complexity index is 848. The maximum atomic E-state index is 13.1. The molecule has 1 aromatic carbocycles. The van der Waals surface area contributed by atoms with Crippen LogP contribution in [0.1, 0.15) is 27.2 Å². The molecule has 9 nitrogen and oxygen atoms in total.